The number of allylic oxidation sites excluding steroid dienone is 3. The fourth-order valence-corrected chi connectivity index (χ4v) is 1.10. The largest absolute Gasteiger partial charge is 0.466 e. The van der Waals surface area contributed by atoms with Crippen LogP contribution in [0.25, 0.3) is 0 Å². The van der Waals surface area contributed by atoms with Crippen molar-refractivity contribution in [2.24, 2.45) is 0 Å². The van der Waals surface area contributed by atoms with Crippen LogP contribution in [0, 0.1) is 0 Å². The van der Waals surface area contributed by atoms with Crippen LogP contribution in [0.1, 0.15) is 5.56 Å². The smallest absolute Gasteiger partial charge is 0.330 e. The van der Waals surface area contributed by atoms with E-state index in [0.29, 0.717) is 0 Å². The number of benzene rings is 1. The maximum atomic E-state index is 10.7. The van der Waals surface area contributed by atoms with Crippen LogP contribution in [-0.2, 0) is 16.0 Å². The van der Waals surface area contributed by atoms with E-state index in [1.54, 1.807) is 6.08 Å². The first-order valence-electron chi connectivity index (χ1n) is 4.78. The van der Waals surface area contributed by atoms with Crippen molar-refractivity contribution in [3.63, 3.8) is 0 Å². The first-order valence-corrected chi connectivity index (χ1v) is 4.78. The van der Waals surface area contributed by atoms with Crippen LogP contribution in [-0.4, -0.2) is 13.1 Å². The van der Waals surface area contributed by atoms with Crippen LogP contribution in [0.2, 0.25) is 0 Å². The Kier molecular flexibility index (Phi) is 4.95. The summed E-state index contributed by atoms with van der Waals surface area (Å²) in [6.45, 7) is 0. The summed E-state index contributed by atoms with van der Waals surface area (Å²) in [5, 5.41) is 0. The lowest BCUT2D eigenvalue weighted by molar-refractivity contribution is -0.134. The van der Waals surface area contributed by atoms with Gasteiger partial charge in [-0.05, 0) is 12.0 Å². The molecular formula is C13H14O2. The van der Waals surface area contributed by atoms with Crippen molar-refractivity contribution >= 4 is 5.97 Å². The first kappa shape index (κ1) is 11.2. The minimum atomic E-state index is -0.334. The summed E-state index contributed by atoms with van der Waals surface area (Å²) in [7, 11) is 1.36. The molecule has 0 unspecified atom stereocenters. The van der Waals surface area contributed by atoms with Gasteiger partial charge in [0, 0.05) is 6.08 Å². The second kappa shape index (κ2) is 6.60. The molecule has 0 radical (unpaired) electrons. The second-order valence-electron chi connectivity index (χ2n) is 3.00. The fraction of sp³-hybridized carbons (Fsp3) is 0.154. The van der Waals surface area contributed by atoms with E-state index in [0.717, 1.165) is 6.42 Å². The van der Waals surface area contributed by atoms with Gasteiger partial charge < -0.3 is 4.74 Å². The van der Waals surface area contributed by atoms with Crippen molar-refractivity contribution in [3.05, 3.63) is 60.2 Å². The number of rotatable bonds is 4. The molecule has 0 aliphatic heterocycles. The molecule has 0 N–H and O–H groups in total. The van der Waals surface area contributed by atoms with E-state index in [2.05, 4.69) is 16.9 Å². The molecule has 2 heteroatoms. The van der Waals surface area contributed by atoms with Crippen molar-refractivity contribution in [3.8, 4) is 0 Å². The Labute approximate surface area is 89.9 Å². The topological polar surface area (TPSA) is 26.3 Å². The van der Waals surface area contributed by atoms with Gasteiger partial charge in [0.2, 0.25) is 0 Å². The molecule has 15 heavy (non-hydrogen) atoms. The Bertz CT molecular complexity index is 350. The van der Waals surface area contributed by atoms with E-state index in [1.165, 1.54) is 18.7 Å². The van der Waals surface area contributed by atoms with Gasteiger partial charge in [-0.2, -0.15) is 0 Å². The Balaban J connectivity index is 2.35. The maximum absolute atomic E-state index is 10.7. The highest BCUT2D eigenvalue weighted by atomic mass is 16.5. The molecule has 0 fully saturated rings. The van der Waals surface area contributed by atoms with Gasteiger partial charge in [-0.15, -0.1) is 0 Å². The number of carbonyl (C=O) groups excluding carboxylic acids is 1. The third-order valence-corrected chi connectivity index (χ3v) is 1.88. The number of hydrogen-bond donors (Lipinski definition) is 0. The van der Waals surface area contributed by atoms with Gasteiger partial charge in [0.15, 0.2) is 0 Å². The quantitative estimate of drug-likeness (QED) is 0.426. The fourth-order valence-electron chi connectivity index (χ4n) is 1.10. The van der Waals surface area contributed by atoms with E-state index < -0.39 is 0 Å². The van der Waals surface area contributed by atoms with Crippen LogP contribution >= 0.6 is 0 Å². The summed E-state index contributed by atoms with van der Waals surface area (Å²) in [6, 6.07) is 10.1. The second-order valence-corrected chi connectivity index (χ2v) is 3.00. The van der Waals surface area contributed by atoms with Crippen LogP contribution in [0.5, 0.6) is 0 Å². The van der Waals surface area contributed by atoms with Crippen molar-refractivity contribution in [2.75, 3.05) is 7.11 Å². The van der Waals surface area contributed by atoms with Gasteiger partial charge in [-0.3, -0.25) is 0 Å². The Morgan fingerprint density at radius 3 is 2.67 bits per heavy atom. The zero-order valence-corrected chi connectivity index (χ0v) is 8.72. The lowest BCUT2D eigenvalue weighted by Gasteiger charge is -1.92. The van der Waals surface area contributed by atoms with Crippen molar-refractivity contribution in [2.45, 2.75) is 6.42 Å². The third-order valence-electron chi connectivity index (χ3n) is 1.88. The zero-order valence-electron chi connectivity index (χ0n) is 8.72. The molecular weight excluding hydrogens is 188 g/mol. The molecule has 0 amide bonds. The number of ether oxygens (including phenoxy) is 1. The molecule has 1 rings (SSSR count). The van der Waals surface area contributed by atoms with E-state index in [9.17, 15) is 4.79 Å². The summed E-state index contributed by atoms with van der Waals surface area (Å²) >= 11 is 0. The van der Waals surface area contributed by atoms with Crippen LogP contribution in [0.4, 0.5) is 0 Å². The number of esters is 1. The lowest BCUT2D eigenvalue weighted by Crippen LogP contribution is -1.92. The van der Waals surface area contributed by atoms with E-state index in [1.807, 2.05) is 30.4 Å². The molecule has 0 heterocycles. The summed E-state index contributed by atoms with van der Waals surface area (Å²) in [5.41, 5.74) is 1.25. The summed E-state index contributed by atoms with van der Waals surface area (Å²) < 4.78 is 4.46. The Morgan fingerprint density at radius 2 is 2.00 bits per heavy atom. The Morgan fingerprint density at radius 1 is 1.27 bits per heavy atom. The predicted octanol–water partition coefficient (Wildman–Crippen LogP) is 2.51. The van der Waals surface area contributed by atoms with Gasteiger partial charge >= 0.3 is 5.97 Å². The molecule has 1 aromatic carbocycles. The third kappa shape index (κ3) is 4.81. The van der Waals surface area contributed by atoms with E-state index >= 15 is 0 Å². The van der Waals surface area contributed by atoms with Crippen molar-refractivity contribution in [1.29, 1.82) is 0 Å². The van der Waals surface area contributed by atoms with E-state index in [4.69, 9.17) is 0 Å². The normalized spacial score (nSPS) is 11.0. The van der Waals surface area contributed by atoms with Gasteiger partial charge in [0.1, 0.15) is 0 Å². The van der Waals surface area contributed by atoms with Crippen LogP contribution in [0.15, 0.2) is 54.6 Å². The standard InChI is InChI=1S/C13H14O2/c1-15-13(14)11-7-3-6-10-12-8-4-2-5-9-12/h2-9,11H,10H2,1H3/b6-3+,11-7+. The average molecular weight is 202 g/mol. The first-order chi connectivity index (χ1) is 7.33. The minimum absolute atomic E-state index is 0.334. The molecule has 0 saturated heterocycles. The predicted molar refractivity (Wildman–Crippen MR) is 60.4 cm³/mol. The highest BCUT2D eigenvalue weighted by Crippen LogP contribution is 1.99. The molecule has 1 aromatic rings. The highest BCUT2D eigenvalue weighted by Gasteiger charge is 1.87. The van der Waals surface area contributed by atoms with Crippen LogP contribution < -0.4 is 0 Å². The molecule has 0 aliphatic carbocycles. The summed E-state index contributed by atoms with van der Waals surface area (Å²) in [6.07, 6.45) is 7.77. The zero-order chi connectivity index (χ0) is 10.9. The molecule has 0 aliphatic rings. The maximum Gasteiger partial charge on any atom is 0.330 e. The van der Waals surface area contributed by atoms with Crippen LogP contribution in [0.3, 0.4) is 0 Å². The van der Waals surface area contributed by atoms with Gasteiger partial charge in [-0.1, -0.05) is 48.6 Å². The number of hydrogen-bond acceptors (Lipinski definition) is 2. The van der Waals surface area contributed by atoms with Crippen molar-refractivity contribution in [1.82, 2.24) is 0 Å². The monoisotopic (exact) mass is 202 g/mol. The molecule has 0 saturated carbocycles. The molecule has 0 atom stereocenters. The average Bonchev–Trinajstić information content (AvgIpc) is 2.29. The van der Waals surface area contributed by atoms with Gasteiger partial charge in [0.25, 0.3) is 0 Å². The lowest BCUT2D eigenvalue weighted by atomic mass is 10.1. The number of methoxy groups -OCH3 is 1. The van der Waals surface area contributed by atoms with Gasteiger partial charge in [0.05, 0.1) is 7.11 Å². The molecule has 0 spiro atoms. The number of carbonyl (C=O) groups is 1. The Hall–Kier alpha value is -1.83. The highest BCUT2D eigenvalue weighted by molar-refractivity contribution is 5.82. The molecule has 0 aromatic heterocycles. The summed E-state index contributed by atoms with van der Waals surface area (Å²) in [5.74, 6) is -0.334. The molecule has 0 bridgehead atoms. The molecule has 2 nitrogen and oxygen atoms in total. The summed E-state index contributed by atoms with van der Waals surface area (Å²) in [4.78, 5) is 10.7. The molecule has 78 valence electrons. The minimum Gasteiger partial charge on any atom is -0.466 e. The van der Waals surface area contributed by atoms with Gasteiger partial charge in [-0.25, -0.2) is 4.79 Å². The van der Waals surface area contributed by atoms with E-state index in [-0.39, 0.29) is 5.97 Å². The van der Waals surface area contributed by atoms with Crippen molar-refractivity contribution < 1.29 is 9.53 Å². The SMILES string of the molecule is COC(=O)/C=C/C=C/Cc1ccccc1.